The molecule has 0 radical (unpaired) electrons. The van der Waals surface area contributed by atoms with Crippen LogP contribution < -0.4 is 5.32 Å². The molecule has 0 saturated heterocycles. The van der Waals surface area contributed by atoms with E-state index in [0.29, 0.717) is 44.3 Å². The molecule has 3 rings (SSSR count). The Morgan fingerprint density at radius 2 is 1.79 bits per heavy atom. The first-order valence-electron chi connectivity index (χ1n) is 8.87. The lowest BCUT2D eigenvalue weighted by Gasteiger charge is -2.13. The Balaban J connectivity index is 1.89. The van der Waals surface area contributed by atoms with Gasteiger partial charge in [-0.2, -0.15) is 0 Å². The summed E-state index contributed by atoms with van der Waals surface area (Å²) in [5.41, 5.74) is 3.26. The number of halogens is 2. The average Bonchev–Trinajstić information content (AvgIpc) is 2.70. The molecule has 0 spiro atoms. The second kappa shape index (κ2) is 9.92. The number of carbonyl (C=O) groups is 1. The molecule has 1 aromatic heterocycles. The highest BCUT2D eigenvalue weighted by molar-refractivity contribution is 7.98. The van der Waals surface area contributed by atoms with Crippen LogP contribution in [0.15, 0.2) is 59.8 Å². The van der Waals surface area contributed by atoms with E-state index in [1.165, 1.54) is 11.8 Å². The molecule has 1 amide bonds. The fraction of sp³-hybridized carbons (Fsp3) is 0.136. The summed E-state index contributed by atoms with van der Waals surface area (Å²) in [6, 6.07) is 15.0. The van der Waals surface area contributed by atoms with Crippen LogP contribution in [0.5, 0.6) is 0 Å². The van der Waals surface area contributed by atoms with Gasteiger partial charge in [0, 0.05) is 22.2 Å². The van der Waals surface area contributed by atoms with Crippen LogP contribution in [-0.2, 0) is 0 Å². The smallest absolute Gasteiger partial charge is 0.255 e. The van der Waals surface area contributed by atoms with E-state index in [4.69, 9.17) is 23.2 Å². The first kappa shape index (κ1) is 21.4. The molecule has 0 unspecified atom stereocenters. The summed E-state index contributed by atoms with van der Waals surface area (Å²) in [6.07, 6.45) is 5.74. The van der Waals surface area contributed by atoms with Gasteiger partial charge in [0.05, 0.1) is 17.0 Å². The van der Waals surface area contributed by atoms with E-state index in [9.17, 15) is 4.79 Å². The van der Waals surface area contributed by atoms with Crippen molar-refractivity contribution >= 4 is 46.9 Å². The van der Waals surface area contributed by atoms with Gasteiger partial charge in [-0.25, -0.2) is 9.97 Å². The molecule has 3 aromatic rings. The van der Waals surface area contributed by atoms with Gasteiger partial charge in [-0.1, -0.05) is 77.4 Å². The summed E-state index contributed by atoms with van der Waals surface area (Å²) < 4.78 is 0. The Bertz CT molecular complexity index is 1040. The van der Waals surface area contributed by atoms with Gasteiger partial charge in [0.25, 0.3) is 5.91 Å². The maximum atomic E-state index is 12.9. The minimum absolute atomic E-state index is 0.251. The molecule has 1 N–H and O–H groups in total. The predicted octanol–water partition coefficient (Wildman–Crippen LogP) is 5.92. The Morgan fingerprint density at radius 1 is 1.10 bits per heavy atom. The number of nitrogens with one attached hydrogen (secondary N) is 1. The fourth-order valence-electron chi connectivity index (χ4n) is 2.81. The molecule has 4 nitrogen and oxygen atoms in total. The van der Waals surface area contributed by atoms with Crippen molar-refractivity contribution in [3.63, 3.8) is 0 Å². The monoisotopic (exact) mass is 443 g/mol. The normalized spacial score (nSPS) is 11.0. The van der Waals surface area contributed by atoms with Gasteiger partial charge in [-0.3, -0.25) is 4.79 Å². The second-order valence-electron chi connectivity index (χ2n) is 6.20. The van der Waals surface area contributed by atoms with Gasteiger partial charge in [0.1, 0.15) is 0 Å². The molecule has 29 heavy (non-hydrogen) atoms. The minimum atomic E-state index is -0.251. The molecule has 148 valence electrons. The Hall–Kier alpha value is -2.34. The Morgan fingerprint density at radius 3 is 2.45 bits per heavy atom. The van der Waals surface area contributed by atoms with Crippen molar-refractivity contribution in [2.24, 2.45) is 0 Å². The molecule has 0 aliphatic carbocycles. The third kappa shape index (κ3) is 5.60. The number of hydrogen-bond donors (Lipinski definition) is 1. The van der Waals surface area contributed by atoms with Crippen molar-refractivity contribution in [1.29, 1.82) is 0 Å². The van der Waals surface area contributed by atoms with Gasteiger partial charge >= 0.3 is 0 Å². The summed E-state index contributed by atoms with van der Waals surface area (Å²) in [5.74, 6) is -0.251. The fourth-order valence-corrected chi connectivity index (χ4v) is 3.75. The standard InChI is InChI=1S/C22H19Cl2N3OS/c1-14-19(21(28)25-10-6-9-15-7-4-3-5-8-15)20(27-22(26-14)29-2)16-11-17(23)13-18(24)12-16/h3-9,11-13H,10H2,1-2H3,(H,25,28). The van der Waals surface area contributed by atoms with Gasteiger partial charge < -0.3 is 5.32 Å². The van der Waals surface area contributed by atoms with Crippen molar-refractivity contribution in [3.05, 3.63) is 81.5 Å². The first-order chi connectivity index (χ1) is 14.0. The van der Waals surface area contributed by atoms with E-state index in [1.54, 1.807) is 25.1 Å². The summed E-state index contributed by atoms with van der Waals surface area (Å²) in [7, 11) is 0. The summed E-state index contributed by atoms with van der Waals surface area (Å²) in [5, 5.41) is 4.44. The van der Waals surface area contributed by atoms with Crippen molar-refractivity contribution < 1.29 is 4.79 Å². The van der Waals surface area contributed by atoms with E-state index >= 15 is 0 Å². The Kier molecular flexibility index (Phi) is 7.31. The minimum Gasteiger partial charge on any atom is -0.348 e. The molecular weight excluding hydrogens is 425 g/mol. The molecule has 1 heterocycles. The van der Waals surface area contributed by atoms with Gasteiger partial charge in [0.2, 0.25) is 0 Å². The lowest BCUT2D eigenvalue weighted by molar-refractivity contribution is 0.0957. The van der Waals surface area contributed by atoms with Gasteiger partial charge in [-0.15, -0.1) is 0 Å². The molecule has 7 heteroatoms. The number of thioether (sulfide) groups is 1. The van der Waals surface area contributed by atoms with Gasteiger partial charge in [-0.05, 0) is 36.9 Å². The van der Waals surface area contributed by atoms with Crippen LogP contribution in [0.1, 0.15) is 21.6 Å². The highest BCUT2D eigenvalue weighted by Crippen LogP contribution is 2.30. The van der Waals surface area contributed by atoms with Gasteiger partial charge in [0.15, 0.2) is 5.16 Å². The largest absolute Gasteiger partial charge is 0.348 e. The molecular formula is C22H19Cl2N3OS. The average molecular weight is 444 g/mol. The van der Waals surface area contributed by atoms with E-state index in [2.05, 4.69) is 15.3 Å². The summed E-state index contributed by atoms with van der Waals surface area (Å²) in [6.45, 7) is 2.18. The maximum absolute atomic E-state index is 12.9. The summed E-state index contributed by atoms with van der Waals surface area (Å²) in [4.78, 5) is 21.9. The van der Waals surface area contributed by atoms with Crippen LogP contribution in [0.3, 0.4) is 0 Å². The SMILES string of the molecule is CSc1nc(C)c(C(=O)NCC=Cc2ccccc2)c(-c2cc(Cl)cc(Cl)c2)n1. The quantitative estimate of drug-likeness (QED) is 0.379. The third-order valence-corrected chi connectivity index (χ3v) is 5.09. The van der Waals surface area contributed by atoms with Crippen LogP contribution in [-0.4, -0.2) is 28.7 Å². The maximum Gasteiger partial charge on any atom is 0.255 e. The van der Waals surface area contributed by atoms with E-state index in [0.717, 1.165) is 5.56 Å². The molecule has 0 atom stereocenters. The van der Waals surface area contributed by atoms with E-state index in [1.807, 2.05) is 48.7 Å². The van der Waals surface area contributed by atoms with Crippen LogP contribution in [0, 0.1) is 6.92 Å². The number of aromatic nitrogens is 2. The van der Waals surface area contributed by atoms with Crippen LogP contribution in [0.25, 0.3) is 17.3 Å². The molecule has 0 fully saturated rings. The number of carbonyl (C=O) groups excluding carboxylic acids is 1. The second-order valence-corrected chi connectivity index (χ2v) is 7.85. The molecule has 2 aromatic carbocycles. The van der Waals surface area contributed by atoms with Crippen LogP contribution in [0.4, 0.5) is 0 Å². The van der Waals surface area contributed by atoms with Crippen LogP contribution >= 0.6 is 35.0 Å². The zero-order valence-corrected chi connectivity index (χ0v) is 18.3. The lowest BCUT2D eigenvalue weighted by Crippen LogP contribution is -2.26. The van der Waals surface area contributed by atoms with E-state index in [-0.39, 0.29) is 5.91 Å². The number of nitrogens with zero attached hydrogens (tertiary/aromatic N) is 2. The van der Waals surface area contributed by atoms with E-state index < -0.39 is 0 Å². The van der Waals surface area contributed by atoms with Crippen LogP contribution in [0.2, 0.25) is 10.0 Å². The third-order valence-electron chi connectivity index (χ3n) is 4.11. The number of amides is 1. The number of aryl methyl sites for hydroxylation is 1. The molecule has 0 saturated carbocycles. The predicted molar refractivity (Wildman–Crippen MR) is 122 cm³/mol. The van der Waals surface area contributed by atoms with Crippen molar-refractivity contribution in [3.8, 4) is 11.3 Å². The summed E-state index contributed by atoms with van der Waals surface area (Å²) >= 11 is 13.7. The zero-order chi connectivity index (χ0) is 20.8. The molecule has 0 aliphatic rings. The van der Waals surface area contributed by atoms with Crippen molar-refractivity contribution in [2.45, 2.75) is 12.1 Å². The van der Waals surface area contributed by atoms with Crippen molar-refractivity contribution in [2.75, 3.05) is 12.8 Å². The topological polar surface area (TPSA) is 54.9 Å². The number of rotatable bonds is 6. The molecule has 0 bridgehead atoms. The number of hydrogen-bond acceptors (Lipinski definition) is 4. The lowest BCUT2D eigenvalue weighted by atomic mass is 10.0. The first-order valence-corrected chi connectivity index (χ1v) is 10.8. The Labute approximate surface area is 184 Å². The zero-order valence-electron chi connectivity index (χ0n) is 15.9. The number of benzene rings is 2. The molecule has 0 aliphatic heterocycles. The highest BCUT2D eigenvalue weighted by Gasteiger charge is 2.20. The highest BCUT2D eigenvalue weighted by atomic mass is 35.5. The van der Waals surface area contributed by atoms with Crippen molar-refractivity contribution in [1.82, 2.24) is 15.3 Å².